The summed E-state index contributed by atoms with van der Waals surface area (Å²) in [6.45, 7) is 1.58. The quantitative estimate of drug-likeness (QED) is 0.752. The van der Waals surface area contributed by atoms with Crippen molar-refractivity contribution >= 4 is 5.91 Å². The molecule has 1 amide bonds. The third-order valence-electron chi connectivity index (χ3n) is 2.89. The van der Waals surface area contributed by atoms with Crippen molar-refractivity contribution in [2.24, 2.45) is 5.92 Å². The summed E-state index contributed by atoms with van der Waals surface area (Å²) in [6, 6.07) is 2.02. The molecule has 1 atom stereocenters. The fourth-order valence-electron chi connectivity index (χ4n) is 1.97. The number of aliphatic hydroxyl groups is 1. The molecule has 2 heterocycles. The van der Waals surface area contributed by atoms with E-state index in [-0.39, 0.29) is 18.4 Å². The van der Waals surface area contributed by atoms with Crippen LogP contribution in [-0.4, -0.2) is 40.6 Å². The van der Waals surface area contributed by atoms with Gasteiger partial charge < -0.3 is 15.0 Å². The highest BCUT2D eigenvalue weighted by atomic mass is 16.3. The summed E-state index contributed by atoms with van der Waals surface area (Å²) in [4.78, 5) is 16.3. The molecular weight excluding hydrogens is 192 g/mol. The first-order valence-electron chi connectivity index (χ1n) is 5.30. The van der Waals surface area contributed by atoms with Crippen LogP contribution in [0.3, 0.4) is 0 Å². The van der Waals surface area contributed by atoms with Crippen LogP contribution >= 0.6 is 0 Å². The zero-order valence-corrected chi connectivity index (χ0v) is 8.65. The molecule has 4 nitrogen and oxygen atoms in total. The molecule has 1 saturated heterocycles. The number of nitrogens with zero attached hydrogens (tertiary/aromatic N) is 1. The largest absolute Gasteiger partial charge is 0.396 e. The highest BCUT2D eigenvalue weighted by Crippen LogP contribution is 2.17. The zero-order chi connectivity index (χ0) is 10.7. The molecule has 0 aliphatic carbocycles. The molecule has 2 N–H and O–H groups in total. The first-order valence-corrected chi connectivity index (χ1v) is 5.30. The lowest BCUT2D eigenvalue weighted by Crippen LogP contribution is -2.27. The number of nitrogens with one attached hydrogen (secondary N) is 1. The van der Waals surface area contributed by atoms with Crippen LogP contribution in [0.15, 0.2) is 18.5 Å². The normalized spacial score (nSPS) is 21.3. The van der Waals surface area contributed by atoms with Crippen LogP contribution in [0.2, 0.25) is 0 Å². The highest BCUT2D eigenvalue weighted by Gasteiger charge is 2.28. The summed E-state index contributed by atoms with van der Waals surface area (Å²) in [5.41, 5.74) is 1.22. The van der Waals surface area contributed by atoms with Crippen LogP contribution in [0.4, 0.5) is 0 Å². The Kier molecular flexibility index (Phi) is 3.06. The topological polar surface area (TPSA) is 56.3 Å². The molecule has 4 heteroatoms. The fraction of sp³-hybridized carbons (Fsp3) is 0.545. The van der Waals surface area contributed by atoms with E-state index in [2.05, 4.69) is 4.98 Å². The smallest absolute Gasteiger partial charge is 0.223 e. The molecule has 2 rings (SSSR count). The van der Waals surface area contributed by atoms with Gasteiger partial charge in [-0.15, -0.1) is 0 Å². The monoisotopic (exact) mass is 208 g/mol. The van der Waals surface area contributed by atoms with Crippen LogP contribution in [0.5, 0.6) is 0 Å². The van der Waals surface area contributed by atoms with E-state index in [1.807, 2.05) is 23.4 Å². The van der Waals surface area contributed by atoms with Gasteiger partial charge >= 0.3 is 0 Å². The lowest BCUT2D eigenvalue weighted by atomic mass is 10.1. The summed E-state index contributed by atoms with van der Waals surface area (Å²) in [6.07, 6.45) is 5.22. The number of aromatic nitrogens is 1. The molecule has 1 aliphatic heterocycles. The van der Waals surface area contributed by atoms with Gasteiger partial charge in [0.2, 0.25) is 5.91 Å². The third kappa shape index (κ3) is 2.39. The van der Waals surface area contributed by atoms with E-state index >= 15 is 0 Å². The van der Waals surface area contributed by atoms with E-state index in [1.54, 1.807) is 0 Å². The summed E-state index contributed by atoms with van der Waals surface area (Å²) in [7, 11) is 0. The average Bonchev–Trinajstić information content (AvgIpc) is 2.84. The minimum atomic E-state index is 0.117. The Morgan fingerprint density at radius 1 is 1.60 bits per heavy atom. The number of hydrogen-bond donors (Lipinski definition) is 2. The predicted molar refractivity (Wildman–Crippen MR) is 56.3 cm³/mol. The van der Waals surface area contributed by atoms with Gasteiger partial charge in [-0.2, -0.15) is 0 Å². The molecule has 0 bridgehead atoms. The van der Waals surface area contributed by atoms with Gasteiger partial charge in [0.1, 0.15) is 0 Å². The number of hydrogen-bond acceptors (Lipinski definition) is 2. The van der Waals surface area contributed by atoms with Crippen molar-refractivity contribution in [1.82, 2.24) is 9.88 Å². The van der Waals surface area contributed by atoms with Crippen molar-refractivity contribution < 1.29 is 9.90 Å². The van der Waals surface area contributed by atoms with Crippen molar-refractivity contribution in [3.8, 4) is 0 Å². The van der Waals surface area contributed by atoms with Crippen molar-refractivity contribution in [2.45, 2.75) is 12.8 Å². The molecule has 1 fully saturated rings. The van der Waals surface area contributed by atoms with Crippen molar-refractivity contribution in [1.29, 1.82) is 0 Å². The Hall–Kier alpha value is -1.29. The summed E-state index contributed by atoms with van der Waals surface area (Å²) in [5.74, 6) is 0.313. The van der Waals surface area contributed by atoms with Gasteiger partial charge in [0.05, 0.1) is 0 Å². The van der Waals surface area contributed by atoms with E-state index < -0.39 is 0 Å². The number of rotatable bonds is 4. The number of H-pyrrole nitrogens is 1. The summed E-state index contributed by atoms with van der Waals surface area (Å²) < 4.78 is 0. The number of aromatic amines is 1. The lowest BCUT2D eigenvalue weighted by Gasteiger charge is -2.15. The van der Waals surface area contributed by atoms with Gasteiger partial charge in [0, 0.05) is 44.4 Å². The lowest BCUT2D eigenvalue weighted by molar-refractivity contribution is -0.127. The van der Waals surface area contributed by atoms with Gasteiger partial charge in [-0.1, -0.05) is 0 Å². The highest BCUT2D eigenvalue weighted by molar-refractivity contribution is 5.78. The maximum atomic E-state index is 11.5. The van der Waals surface area contributed by atoms with Crippen LogP contribution in [0.1, 0.15) is 12.0 Å². The Labute approximate surface area is 88.9 Å². The van der Waals surface area contributed by atoms with E-state index in [0.717, 1.165) is 13.0 Å². The molecule has 15 heavy (non-hydrogen) atoms. The van der Waals surface area contributed by atoms with Gasteiger partial charge in [0.15, 0.2) is 0 Å². The Morgan fingerprint density at radius 3 is 3.07 bits per heavy atom. The number of aliphatic hydroxyl groups excluding tert-OH is 1. The number of likely N-dealkylation sites (tertiary alicyclic amines) is 1. The molecule has 1 unspecified atom stereocenters. The molecule has 1 aromatic heterocycles. The Morgan fingerprint density at radius 2 is 2.47 bits per heavy atom. The standard InChI is InChI=1S/C11H16N2O2/c14-8-10-5-11(15)13(7-10)4-2-9-1-3-12-6-9/h1,3,6,10,12,14H,2,4-5,7-8H2. The average molecular weight is 208 g/mol. The van der Waals surface area contributed by atoms with E-state index in [4.69, 9.17) is 5.11 Å². The van der Waals surface area contributed by atoms with Gasteiger partial charge in [0.25, 0.3) is 0 Å². The van der Waals surface area contributed by atoms with Crippen LogP contribution in [0, 0.1) is 5.92 Å². The van der Waals surface area contributed by atoms with Crippen molar-refractivity contribution in [3.63, 3.8) is 0 Å². The minimum Gasteiger partial charge on any atom is -0.396 e. The number of carbonyl (C=O) groups excluding carboxylic acids is 1. The fourth-order valence-corrected chi connectivity index (χ4v) is 1.97. The zero-order valence-electron chi connectivity index (χ0n) is 8.65. The molecule has 1 aliphatic rings. The second-order valence-corrected chi connectivity index (χ2v) is 4.06. The van der Waals surface area contributed by atoms with E-state index in [1.165, 1.54) is 5.56 Å². The Bertz CT molecular complexity index is 321. The van der Waals surface area contributed by atoms with Gasteiger partial charge in [-0.25, -0.2) is 0 Å². The summed E-state index contributed by atoms with van der Waals surface area (Å²) >= 11 is 0. The van der Waals surface area contributed by atoms with Crippen molar-refractivity contribution in [3.05, 3.63) is 24.0 Å². The van der Waals surface area contributed by atoms with Crippen LogP contribution in [0.25, 0.3) is 0 Å². The molecule has 1 aromatic rings. The molecule has 0 spiro atoms. The molecule has 0 radical (unpaired) electrons. The predicted octanol–water partition coefficient (Wildman–Crippen LogP) is 0.398. The first kappa shape index (κ1) is 10.2. The van der Waals surface area contributed by atoms with E-state index in [9.17, 15) is 4.79 Å². The van der Waals surface area contributed by atoms with E-state index in [0.29, 0.717) is 13.0 Å². The molecule has 0 aromatic carbocycles. The van der Waals surface area contributed by atoms with Crippen molar-refractivity contribution in [2.75, 3.05) is 19.7 Å². The van der Waals surface area contributed by atoms with Crippen LogP contribution in [-0.2, 0) is 11.2 Å². The maximum Gasteiger partial charge on any atom is 0.223 e. The summed E-state index contributed by atoms with van der Waals surface area (Å²) in [5, 5.41) is 8.97. The van der Waals surface area contributed by atoms with Crippen LogP contribution < -0.4 is 0 Å². The second-order valence-electron chi connectivity index (χ2n) is 4.06. The molecule has 82 valence electrons. The second kappa shape index (κ2) is 4.49. The third-order valence-corrected chi connectivity index (χ3v) is 2.89. The SMILES string of the molecule is O=C1CC(CO)CN1CCc1cc[nH]c1. The number of carbonyl (C=O) groups is 1. The molecule has 0 saturated carbocycles. The Balaban J connectivity index is 1.83. The first-order chi connectivity index (χ1) is 7.29. The minimum absolute atomic E-state index is 0.117. The van der Waals surface area contributed by atoms with Gasteiger partial charge in [-0.3, -0.25) is 4.79 Å². The maximum absolute atomic E-state index is 11.5. The molecular formula is C11H16N2O2. The number of amides is 1. The van der Waals surface area contributed by atoms with Gasteiger partial charge in [-0.05, 0) is 18.1 Å².